The van der Waals surface area contributed by atoms with Crippen molar-refractivity contribution in [1.29, 1.82) is 0 Å². The Bertz CT molecular complexity index is 565. The second kappa shape index (κ2) is 6.03. The van der Waals surface area contributed by atoms with E-state index in [-0.39, 0.29) is 11.9 Å². The van der Waals surface area contributed by atoms with E-state index < -0.39 is 0 Å². The van der Waals surface area contributed by atoms with Gasteiger partial charge in [-0.25, -0.2) is 4.39 Å². The summed E-state index contributed by atoms with van der Waals surface area (Å²) in [7, 11) is 0. The topological polar surface area (TPSA) is 30.5 Å². The molecule has 1 N–H and O–H groups in total. The molecule has 1 saturated heterocycles. The van der Waals surface area contributed by atoms with Gasteiger partial charge in [-0.15, -0.1) is 0 Å². The lowest BCUT2D eigenvalue weighted by Gasteiger charge is -2.10. The lowest BCUT2D eigenvalue weighted by molar-refractivity contribution is 0.0883. The monoisotopic (exact) mass is 273 g/mol. The van der Waals surface area contributed by atoms with Gasteiger partial charge in [0, 0.05) is 0 Å². The molecular weight excluding hydrogens is 257 g/mol. The van der Waals surface area contributed by atoms with Gasteiger partial charge in [0.25, 0.3) is 0 Å². The normalized spacial score (nSPS) is 18.1. The summed E-state index contributed by atoms with van der Waals surface area (Å²) in [6.45, 7) is 1.10. The lowest BCUT2D eigenvalue weighted by Crippen LogP contribution is -2.11. The van der Waals surface area contributed by atoms with Gasteiger partial charge in [-0.1, -0.05) is 24.3 Å². The molecule has 20 heavy (non-hydrogen) atoms. The number of halogens is 1. The first-order valence-electron chi connectivity index (χ1n) is 6.66. The zero-order valence-electron chi connectivity index (χ0n) is 11.0. The molecule has 0 bridgehead atoms. The highest BCUT2D eigenvalue weighted by molar-refractivity contribution is 5.29. The van der Waals surface area contributed by atoms with Crippen molar-refractivity contribution in [2.24, 2.45) is 0 Å². The number of benzene rings is 2. The van der Waals surface area contributed by atoms with E-state index in [1.807, 2.05) is 30.3 Å². The van der Waals surface area contributed by atoms with Gasteiger partial charge in [0.05, 0.1) is 12.6 Å². The first kappa shape index (κ1) is 13.1. The molecular formula is C16H16FNO2. The van der Waals surface area contributed by atoms with Crippen LogP contribution in [0.4, 0.5) is 4.39 Å². The predicted octanol–water partition coefficient (Wildman–Crippen LogP) is 3.37. The Morgan fingerprint density at radius 1 is 1.20 bits per heavy atom. The van der Waals surface area contributed by atoms with Crippen molar-refractivity contribution in [2.75, 3.05) is 6.61 Å². The third kappa shape index (κ3) is 3.15. The van der Waals surface area contributed by atoms with Gasteiger partial charge in [0.15, 0.2) is 0 Å². The Hall–Kier alpha value is -1.91. The molecule has 2 aromatic carbocycles. The fourth-order valence-corrected chi connectivity index (χ4v) is 2.22. The quantitative estimate of drug-likeness (QED) is 0.926. The van der Waals surface area contributed by atoms with Crippen LogP contribution in [-0.2, 0) is 11.4 Å². The van der Waals surface area contributed by atoms with Crippen molar-refractivity contribution in [3.63, 3.8) is 0 Å². The van der Waals surface area contributed by atoms with E-state index in [1.54, 1.807) is 6.07 Å². The number of hydrogen-bond donors (Lipinski definition) is 1. The smallest absolute Gasteiger partial charge is 0.123 e. The van der Waals surface area contributed by atoms with Gasteiger partial charge in [-0.05, 0) is 41.8 Å². The minimum Gasteiger partial charge on any atom is -0.489 e. The zero-order valence-corrected chi connectivity index (χ0v) is 11.0. The molecule has 1 atom stereocenters. The average Bonchev–Trinajstić information content (AvgIpc) is 3.00. The van der Waals surface area contributed by atoms with E-state index in [4.69, 9.17) is 9.57 Å². The summed E-state index contributed by atoms with van der Waals surface area (Å²) in [6, 6.07) is 14.6. The van der Waals surface area contributed by atoms with Gasteiger partial charge in [0.2, 0.25) is 0 Å². The van der Waals surface area contributed by atoms with E-state index in [9.17, 15) is 4.39 Å². The molecule has 3 nitrogen and oxygen atoms in total. The SMILES string of the molecule is Fc1cccc(COc2ccc([C@H]3CCON3)cc2)c1. The molecule has 104 valence electrons. The summed E-state index contributed by atoms with van der Waals surface area (Å²) < 4.78 is 18.7. The fraction of sp³-hybridized carbons (Fsp3) is 0.250. The van der Waals surface area contributed by atoms with Crippen LogP contribution in [-0.4, -0.2) is 6.61 Å². The standard InChI is InChI=1S/C16H16FNO2/c17-14-3-1-2-12(10-14)11-19-15-6-4-13(5-7-15)16-8-9-20-18-16/h1-7,10,16,18H,8-9,11H2/t16-/m1/s1. The third-order valence-corrected chi connectivity index (χ3v) is 3.31. The minimum atomic E-state index is -0.242. The number of hydrogen-bond acceptors (Lipinski definition) is 3. The molecule has 3 rings (SSSR count). The van der Waals surface area contributed by atoms with E-state index >= 15 is 0 Å². The van der Waals surface area contributed by atoms with Crippen molar-refractivity contribution in [1.82, 2.24) is 5.48 Å². The number of ether oxygens (including phenoxy) is 1. The molecule has 0 aliphatic carbocycles. The van der Waals surface area contributed by atoms with Gasteiger partial charge in [0.1, 0.15) is 18.2 Å². The van der Waals surface area contributed by atoms with Crippen LogP contribution in [0.1, 0.15) is 23.6 Å². The van der Waals surface area contributed by atoms with Gasteiger partial charge < -0.3 is 9.57 Å². The molecule has 1 fully saturated rings. The maximum atomic E-state index is 13.0. The van der Waals surface area contributed by atoms with Crippen molar-refractivity contribution in [2.45, 2.75) is 19.1 Å². The summed E-state index contributed by atoms with van der Waals surface area (Å²) in [5.74, 6) is 0.533. The Morgan fingerprint density at radius 2 is 2.05 bits per heavy atom. The maximum absolute atomic E-state index is 13.0. The summed E-state index contributed by atoms with van der Waals surface area (Å²) in [5, 5.41) is 0. The highest BCUT2D eigenvalue weighted by atomic mass is 19.1. The second-order valence-corrected chi connectivity index (χ2v) is 4.80. The summed E-state index contributed by atoms with van der Waals surface area (Å²) >= 11 is 0. The molecule has 1 heterocycles. The molecule has 2 aromatic rings. The van der Waals surface area contributed by atoms with Gasteiger partial charge >= 0.3 is 0 Å². The molecule has 0 radical (unpaired) electrons. The summed E-state index contributed by atoms with van der Waals surface area (Å²) in [6.07, 6.45) is 0.976. The fourth-order valence-electron chi connectivity index (χ4n) is 2.22. The van der Waals surface area contributed by atoms with Crippen LogP contribution in [0.3, 0.4) is 0 Å². The maximum Gasteiger partial charge on any atom is 0.123 e. The Labute approximate surface area is 117 Å². The Morgan fingerprint density at radius 3 is 2.75 bits per heavy atom. The van der Waals surface area contributed by atoms with Crippen molar-refractivity contribution < 1.29 is 14.0 Å². The van der Waals surface area contributed by atoms with Crippen molar-refractivity contribution >= 4 is 0 Å². The molecule has 0 spiro atoms. The minimum absolute atomic E-state index is 0.242. The first-order chi connectivity index (χ1) is 9.81. The molecule has 0 aromatic heterocycles. The Balaban J connectivity index is 1.60. The molecule has 1 aliphatic rings. The van der Waals surface area contributed by atoms with Crippen molar-refractivity contribution in [3.05, 3.63) is 65.5 Å². The van der Waals surface area contributed by atoms with E-state index in [0.717, 1.165) is 24.3 Å². The average molecular weight is 273 g/mol. The van der Waals surface area contributed by atoms with Crippen LogP contribution in [0.2, 0.25) is 0 Å². The molecule has 0 saturated carbocycles. The van der Waals surface area contributed by atoms with Crippen LogP contribution in [0, 0.1) is 5.82 Å². The van der Waals surface area contributed by atoms with Crippen LogP contribution in [0.5, 0.6) is 5.75 Å². The van der Waals surface area contributed by atoms with Gasteiger partial charge in [-0.2, -0.15) is 5.48 Å². The van der Waals surface area contributed by atoms with E-state index in [2.05, 4.69) is 5.48 Å². The van der Waals surface area contributed by atoms with E-state index in [0.29, 0.717) is 6.61 Å². The highest BCUT2D eigenvalue weighted by Crippen LogP contribution is 2.23. The summed E-state index contributed by atoms with van der Waals surface area (Å²) in [4.78, 5) is 5.14. The number of hydroxylamine groups is 1. The number of nitrogens with one attached hydrogen (secondary N) is 1. The number of rotatable bonds is 4. The molecule has 4 heteroatoms. The highest BCUT2D eigenvalue weighted by Gasteiger charge is 2.16. The zero-order chi connectivity index (χ0) is 13.8. The Kier molecular flexibility index (Phi) is 3.95. The van der Waals surface area contributed by atoms with Crippen LogP contribution in [0.25, 0.3) is 0 Å². The van der Waals surface area contributed by atoms with Crippen molar-refractivity contribution in [3.8, 4) is 5.75 Å². The third-order valence-electron chi connectivity index (χ3n) is 3.31. The molecule has 0 amide bonds. The lowest BCUT2D eigenvalue weighted by atomic mass is 10.1. The first-order valence-corrected chi connectivity index (χ1v) is 6.66. The van der Waals surface area contributed by atoms with Crippen LogP contribution < -0.4 is 10.2 Å². The van der Waals surface area contributed by atoms with Gasteiger partial charge in [-0.3, -0.25) is 0 Å². The van der Waals surface area contributed by atoms with E-state index in [1.165, 1.54) is 17.7 Å². The van der Waals surface area contributed by atoms with Crippen LogP contribution in [0.15, 0.2) is 48.5 Å². The largest absolute Gasteiger partial charge is 0.489 e. The molecule has 0 unspecified atom stereocenters. The van der Waals surface area contributed by atoms with Crippen LogP contribution >= 0.6 is 0 Å². The molecule has 1 aliphatic heterocycles. The second-order valence-electron chi connectivity index (χ2n) is 4.80. The summed E-state index contributed by atoms with van der Waals surface area (Å²) in [5.41, 5.74) is 4.97. The predicted molar refractivity (Wildman–Crippen MR) is 73.6 cm³/mol.